The van der Waals surface area contributed by atoms with Gasteiger partial charge in [0.05, 0.1) is 0 Å². The van der Waals surface area contributed by atoms with Crippen molar-refractivity contribution < 1.29 is 53.4 Å². The largest absolute Gasteiger partial charge is 2.00 e. The molecule has 0 amide bonds. The Morgan fingerprint density at radius 1 is 1.18 bits per heavy atom. The van der Waals surface area contributed by atoms with E-state index in [1.165, 1.54) is 6.39 Å². The van der Waals surface area contributed by atoms with E-state index in [1.54, 1.807) is 0 Å². The predicted octanol–water partition coefficient (Wildman–Crippen LogP) is 5.07. The van der Waals surface area contributed by atoms with Crippen molar-refractivity contribution in [3.8, 4) is 11.5 Å². The van der Waals surface area contributed by atoms with Crippen LogP contribution < -0.4 is 4.74 Å². The maximum Gasteiger partial charge on any atom is 2.00 e. The number of benzene rings is 2. The summed E-state index contributed by atoms with van der Waals surface area (Å²) in [6.45, 7) is -1.08. The van der Waals surface area contributed by atoms with Gasteiger partial charge in [0, 0.05) is 5.75 Å². The van der Waals surface area contributed by atoms with Crippen LogP contribution in [-0.2, 0) is 0 Å². The summed E-state index contributed by atoms with van der Waals surface area (Å²) in [4.78, 5) is 4.13. The molecule has 1 aromatic heterocycles. The zero-order chi connectivity index (χ0) is 15.2. The number of fused-ring (bicyclic) bond motifs is 1. The van der Waals surface area contributed by atoms with E-state index in [0.29, 0.717) is 11.3 Å². The van der Waals surface area contributed by atoms with Gasteiger partial charge in [0.15, 0.2) is 24.4 Å². The summed E-state index contributed by atoms with van der Waals surface area (Å²) in [5.74, 6) is 1.44. The Hall–Kier alpha value is -1.45. The van der Waals surface area contributed by atoms with Gasteiger partial charge >= 0.3 is 31.1 Å². The summed E-state index contributed by atoms with van der Waals surface area (Å²) in [6.07, 6.45) is 1.43. The maximum atomic E-state index is 9.58. The van der Waals surface area contributed by atoms with Crippen LogP contribution in [0.4, 0.5) is 13.2 Å². The van der Waals surface area contributed by atoms with Crippen LogP contribution in [0.5, 0.6) is 11.5 Å². The molecule has 0 atom stereocenters. The molecule has 0 N–H and O–H groups in total. The Morgan fingerprint density at radius 3 is 2.45 bits per heavy atom. The first-order chi connectivity index (χ1) is 10.1. The number of halogens is 3. The van der Waals surface area contributed by atoms with Crippen LogP contribution in [0.3, 0.4) is 0 Å². The van der Waals surface area contributed by atoms with Crippen molar-refractivity contribution in [1.82, 2.24) is 4.98 Å². The Labute approximate surface area is 148 Å². The van der Waals surface area contributed by atoms with Crippen molar-refractivity contribution in [3.63, 3.8) is 0 Å². The fraction of sp³-hybridized carbons (Fsp3) is 0.0667. The van der Waals surface area contributed by atoms with Crippen LogP contribution in [0.2, 0.25) is 0 Å². The molecule has 7 heteroatoms. The molecule has 22 heavy (non-hydrogen) atoms. The van der Waals surface area contributed by atoms with Crippen LogP contribution in [0.25, 0.3) is 11.1 Å². The second-order valence-corrected chi connectivity index (χ2v) is 4.02. The SMILES string of the molecule is Cc1cc(Oc2cc[c-]cc2)c2ocnc2c1.F[C-](F)F.[U+2]. The molecule has 0 fully saturated rings. The molecule has 0 radical (unpaired) electrons. The van der Waals surface area contributed by atoms with E-state index in [4.69, 9.17) is 9.15 Å². The number of rotatable bonds is 2. The second kappa shape index (κ2) is 8.86. The number of aryl methyl sites for hydroxylation is 1. The monoisotopic (exact) mass is 531 g/mol. The average molecular weight is 531 g/mol. The molecule has 2 aromatic carbocycles. The Bertz CT molecular complexity index is 702. The zero-order valence-corrected chi connectivity index (χ0v) is 15.6. The number of oxazole rings is 1. The smallest absolute Gasteiger partial charge is 0.479 e. The van der Waals surface area contributed by atoms with Crippen molar-refractivity contribution in [3.05, 3.63) is 61.1 Å². The van der Waals surface area contributed by atoms with E-state index in [9.17, 15) is 13.2 Å². The number of hydrogen-bond donors (Lipinski definition) is 0. The molecule has 3 rings (SSSR count). The molecule has 0 saturated carbocycles. The third-order valence-electron chi connectivity index (χ3n) is 2.46. The van der Waals surface area contributed by atoms with Crippen molar-refractivity contribution in [2.75, 3.05) is 0 Å². The number of nitrogens with zero attached hydrogens (tertiary/aromatic N) is 1. The summed E-state index contributed by atoms with van der Waals surface area (Å²) >= 11 is 0. The first-order valence-corrected chi connectivity index (χ1v) is 5.87. The average Bonchev–Trinajstić information content (AvgIpc) is 2.87. The molecule has 0 aliphatic heterocycles. The Balaban J connectivity index is 0.000000436. The normalized spacial score (nSPS) is 9.86. The van der Waals surface area contributed by atoms with Crippen LogP contribution in [0, 0.1) is 50.8 Å². The molecule has 0 aliphatic carbocycles. The van der Waals surface area contributed by atoms with Gasteiger partial charge in [-0.3, -0.25) is 0 Å². The van der Waals surface area contributed by atoms with Crippen LogP contribution in [0.15, 0.2) is 47.2 Å². The number of hydrogen-bond acceptors (Lipinski definition) is 3. The van der Waals surface area contributed by atoms with E-state index in [1.807, 2.05) is 43.3 Å². The van der Waals surface area contributed by atoms with Gasteiger partial charge in [-0.2, -0.15) is 18.2 Å². The molecule has 0 unspecified atom stereocenters. The van der Waals surface area contributed by atoms with Crippen molar-refractivity contribution in [2.24, 2.45) is 0 Å². The zero-order valence-electron chi connectivity index (χ0n) is 11.4. The predicted molar refractivity (Wildman–Crippen MR) is 70.7 cm³/mol. The summed E-state index contributed by atoms with van der Waals surface area (Å²) in [5, 5.41) is 0. The van der Waals surface area contributed by atoms with Gasteiger partial charge in [-0.25, -0.2) is 4.98 Å². The van der Waals surface area contributed by atoms with Crippen LogP contribution in [0.1, 0.15) is 5.56 Å². The summed E-state index contributed by atoms with van der Waals surface area (Å²) in [7, 11) is 0. The van der Waals surface area contributed by atoms with E-state index in [-0.39, 0.29) is 31.1 Å². The standard InChI is InChI=1S/C14H10NO2.CF3.U/c1-10-7-12-14(16-9-15-12)13(8-10)17-11-5-3-2-4-6-11;2-1(3)4;/h3-9H,1H3;;/q2*-1;+2. The first-order valence-electron chi connectivity index (χ1n) is 5.87. The maximum absolute atomic E-state index is 9.58. The minimum atomic E-state index is -3.08. The third kappa shape index (κ3) is 5.39. The third-order valence-corrected chi connectivity index (χ3v) is 2.46. The molecular formula is C15H10F3NO2U. The van der Waals surface area contributed by atoms with Crippen molar-refractivity contribution in [2.45, 2.75) is 6.92 Å². The summed E-state index contributed by atoms with van der Waals surface area (Å²) in [5.41, 5.74) is 2.56. The summed E-state index contributed by atoms with van der Waals surface area (Å²) in [6, 6.07) is 14.2. The number of ether oxygens (including phenoxy) is 1. The van der Waals surface area contributed by atoms with E-state index >= 15 is 0 Å². The molecule has 0 aliphatic rings. The van der Waals surface area contributed by atoms with Crippen LogP contribution >= 0.6 is 0 Å². The van der Waals surface area contributed by atoms with Crippen LogP contribution in [-0.4, -0.2) is 4.98 Å². The molecule has 0 spiro atoms. The van der Waals surface area contributed by atoms with Crippen molar-refractivity contribution >= 4 is 11.1 Å². The van der Waals surface area contributed by atoms with Gasteiger partial charge in [-0.15, -0.1) is 12.1 Å². The summed E-state index contributed by atoms with van der Waals surface area (Å²) < 4.78 is 39.9. The van der Waals surface area contributed by atoms with Gasteiger partial charge in [0.2, 0.25) is 0 Å². The second-order valence-electron chi connectivity index (χ2n) is 4.02. The van der Waals surface area contributed by atoms with Gasteiger partial charge < -0.3 is 22.3 Å². The minimum Gasteiger partial charge on any atom is -0.479 e. The Kier molecular flexibility index (Phi) is 7.49. The molecule has 3 nitrogen and oxygen atoms in total. The van der Waals surface area contributed by atoms with Gasteiger partial charge in [0.1, 0.15) is 5.52 Å². The van der Waals surface area contributed by atoms with Gasteiger partial charge in [0.25, 0.3) is 0 Å². The quantitative estimate of drug-likeness (QED) is 0.434. The molecule has 112 valence electrons. The molecule has 0 saturated heterocycles. The first kappa shape index (κ1) is 18.6. The molecule has 1 heterocycles. The van der Waals surface area contributed by atoms with Crippen molar-refractivity contribution in [1.29, 1.82) is 0 Å². The van der Waals surface area contributed by atoms with Gasteiger partial charge in [-0.1, -0.05) is 0 Å². The van der Waals surface area contributed by atoms with E-state index in [0.717, 1.165) is 16.8 Å². The number of aromatic nitrogens is 1. The van der Waals surface area contributed by atoms with E-state index in [2.05, 4.69) is 11.1 Å². The topological polar surface area (TPSA) is 35.3 Å². The molecule has 3 aromatic rings. The molecular weight excluding hydrogens is 521 g/mol. The Morgan fingerprint density at radius 2 is 1.82 bits per heavy atom. The fourth-order valence-electron chi connectivity index (χ4n) is 1.71. The van der Waals surface area contributed by atoms with E-state index < -0.39 is 6.68 Å². The minimum absolute atomic E-state index is 0. The fourth-order valence-corrected chi connectivity index (χ4v) is 1.71. The van der Waals surface area contributed by atoms with Gasteiger partial charge in [-0.05, 0) is 24.6 Å². The molecule has 0 bridgehead atoms.